The largest absolute Gasteiger partial charge is 0.330 e. The summed E-state index contributed by atoms with van der Waals surface area (Å²) in [7, 11) is 0. The first-order valence-corrected chi connectivity index (χ1v) is 14.5. The Morgan fingerprint density at radius 1 is 0.688 bits per heavy atom. The Kier molecular flexibility index (Phi) is 8.32. The quantitative estimate of drug-likeness (QED) is 0.324. The normalized spacial score (nSPS) is 38.2. The summed E-state index contributed by atoms with van der Waals surface area (Å²) in [5, 5.41) is 7.71. The molecule has 32 heavy (non-hydrogen) atoms. The van der Waals surface area contributed by atoms with Gasteiger partial charge in [0.1, 0.15) is 0 Å². The van der Waals surface area contributed by atoms with Crippen LogP contribution in [0.15, 0.2) is 0 Å². The molecule has 0 aromatic rings. The minimum absolute atomic E-state index is 0.548. The van der Waals surface area contributed by atoms with Crippen LogP contribution >= 0.6 is 0 Å². The van der Waals surface area contributed by atoms with Gasteiger partial charge in [-0.1, -0.05) is 27.7 Å². The van der Waals surface area contributed by atoms with Crippen molar-refractivity contribution >= 4 is 0 Å². The molecule has 6 aliphatic rings. The molecule has 2 unspecified atom stereocenters. The molecule has 2 atom stereocenters. The lowest BCUT2D eigenvalue weighted by molar-refractivity contribution is -0.0677. The molecule has 3 heteroatoms. The number of fused-ring (bicyclic) bond motifs is 6. The van der Waals surface area contributed by atoms with Crippen LogP contribution in [-0.2, 0) is 0 Å². The Bertz CT molecular complexity index is 527. The molecule has 0 radical (unpaired) electrons. The smallest absolute Gasteiger partial charge is 0.00729 e. The molecule has 0 saturated heterocycles. The van der Waals surface area contributed by atoms with E-state index in [0.29, 0.717) is 16.9 Å². The maximum absolute atomic E-state index is 5.63. The van der Waals surface area contributed by atoms with Gasteiger partial charge in [0.2, 0.25) is 0 Å². The van der Waals surface area contributed by atoms with Crippen molar-refractivity contribution in [2.24, 2.45) is 52.1 Å². The van der Waals surface area contributed by atoms with Crippen LogP contribution in [0.2, 0.25) is 0 Å². The van der Waals surface area contributed by atoms with Crippen LogP contribution in [0.5, 0.6) is 0 Å². The molecule has 0 aliphatic heterocycles. The van der Waals surface area contributed by atoms with E-state index in [9.17, 15) is 0 Å². The number of nitrogens with two attached hydrogens (primary N) is 1. The summed E-state index contributed by atoms with van der Waals surface area (Å²) in [4.78, 5) is 0. The van der Waals surface area contributed by atoms with Gasteiger partial charge in [-0.15, -0.1) is 0 Å². The van der Waals surface area contributed by atoms with Crippen molar-refractivity contribution < 1.29 is 0 Å². The highest BCUT2D eigenvalue weighted by Crippen LogP contribution is 2.59. The van der Waals surface area contributed by atoms with Crippen LogP contribution in [0.1, 0.15) is 105 Å². The monoisotopic (exact) mass is 445 g/mol. The molecule has 0 heterocycles. The van der Waals surface area contributed by atoms with Crippen LogP contribution < -0.4 is 16.4 Å². The van der Waals surface area contributed by atoms with E-state index in [-0.39, 0.29) is 0 Å². The molecule has 0 aromatic heterocycles. The Labute approximate surface area is 199 Å². The van der Waals surface area contributed by atoms with Crippen LogP contribution in [0.4, 0.5) is 0 Å². The van der Waals surface area contributed by atoms with Crippen LogP contribution in [0, 0.1) is 46.3 Å². The lowest BCUT2D eigenvalue weighted by Crippen LogP contribution is -2.51. The predicted molar refractivity (Wildman–Crippen MR) is 138 cm³/mol. The van der Waals surface area contributed by atoms with Crippen molar-refractivity contribution in [2.45, 2.75) is 111 Å². The van der Waals surface area contributed by atoms with Crippen LogP contribution in [0.25, 0.3) is 0 Å². The fraction of sp³-hybridized carbons (Fsp3) is 1.00. The second-order valence-electron chi connectivity index (χ2n) is 13.4. The van der Waals surface area contributed by atoms with Gasteiger partial charge in [-0.25, -0.2) is 0 Å². The Morgan fingerprint density at radius 3 is 1.59 bits per heavy atom. The molecule has 4 bridgehead atoms. The van der Waals surface area contributed by atoms with Gasteiger partial charge in [0.15, 0.2) is 0 Å². The standard InChI is InChI=1S/C29H55N3/c1-28(2)23-11-7-21(8-12-23)26(28)19-25(32-18-6-17-31-16-5-15-30)20-27-22-9-13-24(14-10-22)29(27,3)4/h21-27,31-32H,5-20,30H2,1-4H3. The molecule has 6 fully saturated rings. The highest BCUT2D eigenvalue weighted by Gasteiger charge is 2.51. The number of hydrogen-bond donors (Lipinski definition) is 3. The molecule has 6 aliphatic carbocycles. The molecule has 6 rings (SSSR count). The third-order valence-electron chi connectivity index (χ3n) is 11.3. The van der Waals surface area contributed by atoms with Gasteiger partial charge in [-0.2, -0.15) is 0 Å². The average molecular weight is 446 g/mol. The lowest BCUT2D eigenvalue weighted by atomic mass is 9.49. The van der Waals surface area contributed by atoms with Gasteiger partial charge in [-0.3, -0.25) is 0 Å². The van der Waals surface area contributed by atoms with Crippen LogP contribution in [0.3, 0.4) is 0 Å². The molecule has 0 amide bonds. The van der Waals surface area contributed by atoms with Crippen LogP contribution in [-0.4, -0.2) is 32.2 Å². The number of hydrogen-bond acceptors (Lipinski definition) is 3. The average Bonchev–Trinajstić information content (AvgIpc) is 2.78. The molecule has 0 aromatic carbocycles. The third kappa shape index (κ3) is 5.25. The van der Waals surface area contributed by atoms with E-state index in [0.717, 1.165) is 61.6 Å². The maximum atomic E-state index is 5.63. The highest BCUT2D eigenvalue weighted by molar-refractivity contribution is 5.02. The van der Waals surface area contributed by atoms with Gasteiger partial charge >= 0.3 is 0 Å². The highest BCUT2D eigenvalue weighted by atomic mass is 14.9. The van der Waals surface area contributed by atoms with E-state index in [4.69, 9.17) is 5.73 Å². The van der Waals surface area contributed by atoms with Gasteiger partial charge < -0.3 is 16.4 Å². The fourth-order valence-corrected chi connectivity index (χ4v) is 9.09. The Morgan fingerprint density at radius 2 is 1.16 bits per heavy atom. The molecule has 4 N–H and O–H groups in total. The van der Waals surface area contributed by atoms with Crippen molar-refractivity contribution in [3.8, 4) is 0 Å². The Balaban J connectivity index is 1.39. The van der Waals surface area contributed by atoms with Crippen molar-refractivity contribution in [3.05, 3.63) is 0 Å². The third-order valence-corrected chi connectivity index (χ3v) is 11.3. The maximum Gasteiger partial charge on any atom is 0.00729 e. The van der Waals surface area contributed by atoms with Gasteiger partial charge in [0, 0.05) is 6.04 Å². The molecular weight excluding hydrogens is 390 g/mol. The van der Waals surface area contributed by atoms with E-state index in [2.05, 4.69) is 38.3 Å². The zero-order chi connectivity index (χ0) is 22.8. The molecule has 3 nitrogen and oxygen atoms in total. The van der Waals surface area contributed by atoms with Crippen molar-refractivity contribution in [1.82, 2.24) is 10.6 Å². The SMILES string of the molecule is CC1(C)C2CCC(CC2)C1CC(CC1C2CCC(CC2)C1(C)C)NCCCNCCCN. The number of nitrogens with one attached hydrogen (secondary N) is 2. The minimum atomic E-state index is 0.548. The summed E-state index contributed by atoms with van der Waals surface area (Å²) >= 11 is 0. The second kappa shape index (κ2) is 10.6. The molecule has 186 valence electrons. The molecular formula is C29H55N3. The fourth-order valence-electron chi connectivity index (χ4n) is 9.09. The first-order chi connectivity index (χ1) is 15.3. The summed E-state index contributed by atoms with van der Waals surface area (Å²) in [6.45, 7) is 14.7. The zero-order valence-electron chi connectivity index (χ0n) is 21.9. The Hall–Kier alpha value is -0.120. The molecule has 0 spiro atoms. The summed E-state index contributed by atoms with van der Waals surface area (Å²) in [5.74, 6) is 5.80. The van der Waals surface area contributed by atoms with E-state index in [1.807, 2.05) is 0 Å². The second-order valence-corrected chi connectivity index (χ2v) is 13.4. The van der Waals surface area contributed by atoms with Crippen molar-refractivity contribution in [3.63, 3.8) is 0 Å². The molecule has 6 saturated carbocycles. The van der Waals surface area contributed by atoms with Gasteiger partial charge in [0.25, 0.3) is 0 Å². The topological polar surface area (TPSA) is 50.1 Å². The minimum Gasteiger partial charge on any atom is -0.330 e. The van der Waals surface area contributed by atoms with E-state index in [1.54, 1.807) is 0 Å². The first-order valence-electron chi connectivity index (χ1n) is 14.5. The summed E-state index contributed by atoms with van der Waals surface area (Å²) in [5.41, 5.74) is 6.72. The summed E-state index contributed by atoms with van der Waals surface area (Å²) < 4.78 is 0. The number of rotatable bonds is 12. The van der Waals surface area contributed by atoms with Crippen molar-refractivity contribution in [2.75, 3.05) is 26.2 Å². The first kappa shape index (κ1) is 25.0. The summed E-state index contributed by atoms with van der Waals surface area (Å²) in [6, 6.07) is 0.714. The predicted octanol–water partition coefficient (Wildman–Crippen LogP) is 5.98. The van der Waals surface area contributed by atoms with Gasteiger partial charge in [0.05, 0.1) is 0 Å². The van der Waals surface area contributed by atoms with E-state index < -0.39 is 0 Å². The van der Waals surface area contributed by atoms with E-state index in [1.165, 1.54) is 77.2 Å². The van der Waals surface area contributed by atoms with Crippen molar-refractivity contribution in [1.29, 1.82) is 0 Å². The lowest BCUT2D eigenvalue weighted by Gasteiger charge is -2.57. The zero-order valence-corrected chi connectivity index (χ0v) is 21.9. The van der Waals surface area contributed by atoms with E-state index >= 15 is 0 Å². The summed E-state index contributed by atoms with van der Waals surface area (Å²) in [6.07, 6.45) is 17.2. The van der Waals surface area contributed by atoms with Gasteiger partial charge in [-0.05, 0) is 150 Å².